The van der Waals surface area contributed by atoms with Crippen LogP contribution in [0.15, 0.2) is 34.7 Å². The van der Waals surface area contributed by atoms with Crippen LogP contribution in [0.2, 0.25) is 0 Å². The molecule has 0 aromatic heterocycles. The van der Waals surface area contributed by atoms with E-state index < -0.39 is 10.0 Å². The largest absolute Gasteiger partial charge is 0.495 e. The molecule has 0 heterocycles. The SMILES string of the molecule is COc1ccc(C)cc1S(=O)(=O)N(C)CC(=O)NCCC1=CCCCC1. The first-order valence-electron chi connectivity index (χ1n) is 8.90. The standard InChI is InChI=1S/C19H28N2O4S/c1-15-9-10-17(25-3)18(13-15)26(23,24)21(2)14-19(22)20-12-11-16-7-5-4-6-8-16/h7,9-10,13H,4-6,8,11-12,14H2,1-3H3,(H,20,22). The summed E-state index contributed by atoms with van der Waals surface area (Å²) in [5.74, 6) is -0.0359. The van der Waals surface area contributed by atoms with Crippen molar-refractivity contribution in [3.05, 3.63) is 35.4 Å². The van der Waals surface area contributed by atoms with E-state index in [1.807, 2.05) is 6.92 Å². The summed E-state index contributed by atoms with van der Waals surface area (Å²) in [6.07, 6.45) is 7.73. The Balaban J connectivity index is 1.95. The average Bonchev–Trinajstić information content (AvgIpc) is 2.62. The second-order valence-electron chi connectivity index (χ2n) is 6.62. The molecule has 1 aromatic rings. The van der Waals surface area contributed by atoms with Crippen molar-refractivity contribution in [2.75, 3.05) is 27.2 Å². The van der Waals surface area contributed by atoms with Crippen LogP contribution in [0, 0.1) is 6.92 Å². The van der Waals surface area contributed by atoms with Crippen molar-refractivity contribution in [3.8, 4) is 5.75 Å². The normalized spacial score (nSPS) is 14.8. The van der Waals surface area contributed by atoms with E-state index in [1.165, 1.54) is 32.6 Å². The smallest absolute Gasteiger partial charge is 0.246 e. The van der Waals surface area contributed by atoms with Crippen LogP contribution in [0.25, 0.3) is 0 Å². The fourth-order valence-corrected chi connectivity index (χ4v) is 4.35. The maximum Gasteiger partial charge on any atom is 0.246 e. The molecule has 0 aliphatic heterocycles. The molecule has 0 unspecified atom stereocenters. The minimum absolute atomic E-state index is 0.0719. The second-order valence-corrected chi connectivity index (χ2v) is 8.64. The summed E-state index contributed by atoms with van der Waals surface area (Å²) < 4.78 is 31.8. The van der Waals surface area contributed by atoms with Gasteiger partial charge in [-0.2, -0.15) is 4.31 Å². The Kier molecular flexibility index (Phi) is 7.23. The predicted octanol–water partition coefficient (Wildman–Crippen LogP) is 2.63. The minimum atomic E-state index is -3.81. The maximum atomic E-state index is 12.8. The average molecular weight is 381 g/mol. The first-order valence-corrected chi connectivity index (χ1v) is 10.3. The maximum absolute atomic E-state index is 12.8. The molecular weight excluding hydrogens is 352 g/mol. The Hall–Kier alpha value is -1.86. The molecule has 0 saturated heterocycles. The van der Waals surface area contributed by atoms with Crippen molar-refractivity contribution in [1.82, 2.24) is 9.62 Å². The topological polar surface area (TPSA) is 75.7 Å². The Labute approximate surface area is 156 Å². The molecule has 0 radical (unpaired) electrons. The van der Waals surface area contributed by atoms with Crippen LogP contribution in [0.5, 0.6) is 5.75 Å². The summed E-state index contributed by atoms with van der Waals surface area (Å²) in [7, 11) is -0.979. The van der Waals surface area contributed by atoms with Gasteiger partial charge in [0, 0.05) is 13.6 Å². The van der Waals surface area contributed by atoms with Crippen LogP contribution in [-0.2, 0) is 14.8 Å². The lowest BCUT2D eigenvalue weighted by Gasteiger charge is -2.19. The number of aryl methyl sites for hydroxylation is 1. The molecule has 0 atom stereocenters. The highest BCUT2D eigenvalue weighted by molar-refractivity contribution is 7.89. The van der Waals surface area contributed by atoms with Crippen molar-refractivity contribution in [1.29, 1.82) is 0 Å². The number of hydrogen-bond donors (Lipinski definition) is 1. The molecule has 0 bridgehead atoms. The van der Waals surface area contributed by atoms with Crippen molar-refractivity contribution in [3.63, 3.8) is 0 Å². The Morgan fingerprint density at radius 2 is 2.08 bits per heavy atom. The molecule has 1 aliphatic rings. The van der Waals surface area contributed by atoms with Gasteiger partial charge in [0.1, 0.15) is 10.6 Å². The summed E-state index contributed by atoms with van der Waals surface area (Å²) in [4.78, 5) is 12.2. The lowest BCUT2D eigenvalue weighted by molar-refractivity contribution is -0.121. The van der Waals surface area contributed by atoms with Gasteiger partial charge in [-0.25, -0.2) is 8.42 Å². The molecule has 0 spiro atoms. The third-order valence-electron chi connectivity index (χ3n) is 4.53. The number of ether oxygens (including phenoxy) is 1. The zero-order valence-electron chi connectivity index (χ0n) is 15.7. The van der Waals surface area contributed by atoms with Crippen LogP contribution in [0.3, 0.4) is 0 Å². The molecule has 1 N–H and O–H groups in total. The van der Waals surface area contributed by atoms with Gasteiger partial charge in [0.2, 0.25) is 15.9 Å². The fraction of sp³-hybridized carbons (Fsp3) is 0.526. The zero-order valence-corrected chi connectivity index (χ0v) is 16.6. The number of likely N-dealkylation sites (N-methyl/N-ethyl adjacent to an activating group) is 1. The van der Waals surface area contributed by atoms with Crippen LogP contribution >= 0.6 is 0 Å². The van der Waals surface area contributed by atoms with Gasteiger partial charge in [-0.05, 0) is 56.7 Å². The van der Waals surface area contributed by atoms with E-state index in [1.54, 1.807) is 18.2 Å². The first kappa shape index (κ1) is 20.5. The predicted molar refractivity (Wildman–Crippen MR) is 102 cm³/mol. The van der Waals surface area contributed by atoms with E-state index in [0.29, 0.717) is 6.54 Å². The minimum Gasteiger partial charge on any atom is -0.495 e. The number of benzene rings is 1. The second kappa shape index (κ2) is 9.19. The highest BCUT2D eigenvalue weighted by atomic mass is 32.2. The highest BCUT2D eigenvalue weighted by Crippen LogP contribution is 2.27. The number of sulfonamides is 1. The summed E-state index contributed by atoms with van der Waals surface area (Å²) in [5, 5.41) is 2.81. The third-order valence-corrected chi connectivity index (χ3v) is 6.35. The molecule has 7 heteroatoms. The van der Waals surface area contributed by atoms with Crippen molar-refractivity contribution in [2.24, 2.45) is 0 Å². The van der Waals surface area contributed by atoms with Gasteiger partial charge in [0.05, 0.1) is 13.7 Å². The van der Waals surface area contributed by atoms with Crippen molar-refractivity contribution in [2.45, 2.75) is 43.9 Å². The molecule has 6 nitrogen and oxygen atoms in total. The number of nitrogens with one attached hydrogen (secondary N) is 1. The Morgan fingerprint density at radius 3 is 2.73 bits per heavy atom. The number of rotatable bonds is 8. The number of nitrogens with zero attached hydrogens (tertiary/aromatic N) is 1. The van der Waals surface area contributed by atoms with Crippen molar-refractivity contribution >= 4 is 15.9 Å². The lowest BCUT2D eigenvalue weighted by atomic mass is 9.97. The van der Waals surface area contributed by atoms with Gasteiger partial charge in [0.15, 0.2) is 0 Å². The molecule has 2 rings (SSSR count). The van der Waals surface area contributed by atoms with E-state index in [-0.39, 0.29) is 23.1 Å². The van der Waals surface area contributed by atoms with Crippen LogP contribution in [0.1, 0.15) is 37.7 Å². The summed E-state index contributed by atoms with van der Waals surface area (Å²) >= 11 is 0. The molecule has 1 aliphatic carbocycles. The summed E-state index contributed by atoms with van der Waals surface area (Å²) in [5.41, 5.74) is 2.19. The Bertz CT molecular complexity index is 772. The van der Waals surface area contributed by atoms with E-state index in [4.69, 9.17) is 4.74 Å². The number of methoxy groups -OCH3 is 1. The van der Waals surface area contributed by atoms with Gasteiger partial charge >= 0.3 is 0 Å². The third kappa shape index (κ3) is 5.32. The van der Waals surface area contributed by atoms with Crippen LogP contribution in [0.4, 0.5) is 0 Å². The van der Waals surface area contributed by atoms with E-state index in [0.717, 1.165) is 29.1 Å². The molecule has 144 valence electrons. The molecule has 1 aromatic carbocycles. The van der Waals surface area contributed by atoms with Gasteiger partial charge < -0.3 is 10.1 Å². The number of hydrogen-bond acceptors (Lipinski definition) is 4. The summed E-state index contributed by atoms with van der Waals surface area (Å²) in [6.45, 7) is 2.12. The fourth-order valence-electron chi connectivity index (χ4n) is 2.99. The first-order chi connectivity index (χ1) is 12.3. The van der Waals surface area contributed by atoms with Crippen LogP contribution < -0.4 is 10.1 Å². The quantitative estimate of drug-likeness (QED) is 0.704. The van der Waals surface area contributed by atoms with Crippen LogP contribution in [-0.4, -0.2) is 45.9 Å². The molecular formula is C19H28N2O4S. The zero-order chi connectivity index (χ0) is 19.2. The number of allylic oxidation sites excluding steroid dienone is 1. The van der Waals surface area contributed by atoms with Gasteiger partial charge in [-0.15, -0.1) is 0 Å². The number of carbonyl (C=O) groups is 1. The van der Waals surface area contributed by atoms with Crippen molar-refractivity contribution < 1.29 is 17.9 Å². The van der Waals surface area contributed by atoms with E-state index in [2.05, 4.69) is 11.4 Å². The lowest BCUT2D eigenvalue weighted by Crippen LogP contribution is -2.38. The summed E-state index contributed by atoms with van der Waals surface area (Å²) in [6, 6.07) is 4.96. The monoisotopic (exact) mass is 380 g/mol. The molecule has 1 amide bonds. The number of amides is 1. The molecule has 0 saturated carbocycles. The van der Waals surface area contributed by atoms with Gasteiger partial charge in [0.25, 0.3) is 0 Å². The number of carbonyl (C=O) groups excluding carboxylic acids is 1. The van der Waals surface area contributed by atoms with E-state index >= 15 is 0 Å². The van der Waals surface area contributed by atoms with Gasteiger partial charge in [-0.1, -0.05) is 17.7 Å². The Morgan fingerprint density at radius 1 is 1.31 bits per heavy atom. The highest BCUT2D eigenvalue weighted by Gasteiger charge is 2.26. The molecule has 26 heavy (non-hydrogen) atoms. The molecule has 0 fully saturated rings. The van der Waals surface area contributed by atoms with E-state index in [9.17, 15) is 13.2 Å². The van der Waals surface area contributed by atoms with Gasteiger partial charge in [-0.3, -0.25) is 4.79 Å².